The van der Waals surface area contributed by atoms with Crippen LogP contribution in [0.4, 0.5) is 0 Å². The summed E-state index contributed by atoms with van der Waals surface area (Å²) in [6, 6.07) is 14.8. The molecule has 0 atom stereocenters. The van der Waals surface area contributed by atoms with Gasteiger partial charge in [-0.2, -0.15) is 0 Å². The molecule has 5 nitrogen and oxygen atoms in total. The molecule has 2 rings (SSSR count). The van der Waals surface area contributed by atoms with Crippen molar-refractivity contribution in [2.45, 2.75) is 13.3 Å². The number of amides is 2. The van der Waals surface area contributed by atoms with Crippen LogP contribution < -0.4 is 15.4 Å². The molecule has 2 aromatic carbocycles. The maximum atomic E-state index is 12.0. The smallest absolute Gasteiger partial charge is 0.251 e. The monoisotopic (exact) mass is 326 g/mol. The maximum absolute atomic E-state index is 12.0. The molecule has 5 heteroatoms. The van der Waals surface area contributed by atoms with E-state index in [0.29, 0.717) is 25.1 Å². The van der Waals surface area contributed by atoms with E-state index in [-0.39, 0.29) is 11.8 Å². The molecule has 0 aliphatic heterocycles. The zero-order chi connectivity index (χ0) is 17.4. The number of hydrogen-bond donors (Lipinski definition) is 2. The van der Waals surface area contributed by atoms with E-state index in [0.717, 1.165) is 16.9 Å². The second-order valence-corrected chi connectivity index (χ2v) is 5.50. The lowest BCUT2D eigenvalue weighted by Gasteiger charge is -2.08. The van der Waals surface area contributed by atoms with Gasteiger partial charge in [-0.3, -0.25) is 9.59 Å². The molecule has 2 amide bonds. The van der Waals surface area contributed by atoms with Gasteiger partial charge in [-0.1, -0.05) is 29.8 Å². The molecule has 2 aromatic rings. The highest BCUT2D eigenvalue weighted by molar-refractivity contribution is 5.94. The highest BCUT2D eigenvalue weighted by Crippen LogP contribution is 2.11. The van der Waals surface area contributed by atoms with Gasteiger partial charge in [-0.15, -0.1) is 0 Å². The second-order valence-electron chi connectivity index (χ2n) is 5.50. The first kappa shape index (κ1) is 17.5. The minimum Gasteiger partial charge on any atom is -0.497 e. The van der Waals surface area contributed by atoms with Gasteiger partial charge in [0.05, 0.1) is 13.5 Å². The van der Waals surface area contributed by atoms with Crippen LogP contribution in [-0.4, -0.2) is 32.0 Å². The van der Waals surface area contributed by atoms with Crippen molar-refractivity contribution >= 4 is 11.8 Å². The first-order chi connectivity index (χ1) is 11.6. The van der Waals surface area contributed by atoms with Crippen LogP contribution in [0, 0.1) is 6.92 Å². The third-order valence-electron chi connectivity index (χ3n) is 3.54. The van der Waals surface area contributed by atoms with E-state index < -0.39 is 0 Å². The van der Waals surface area contributed by atoms with E-state index in [1.54, 1.807) is 13.2 Å². The van der Waals surface area contributed by atoms with Gasteiger partial charge in [-0.25, -0.2) is 0 Å². The van der Waals surface area contributed by atoms with Gasteiger partial charge < -0.3 is 15.4 Å². The third kappa shape index (κ3) is 5.43. The van der Waals surface area contributed by atoms with Gasteiger partial charge in [0.2, 0.25) is 5.91 Å². The maximum Gasteiger partial charge on any atom is 0.251 e. The van der Waals surface area contributed by atoms with E-state index in [2.05, 4.69) is 10.6 Å². The predicted octanol–water partition coefficient (Wildman–Crippen LogP) is 2.09. The number of hydrogen-bond acceptors (Lipinski definition) is 3. The molecule has 2 N–H and O–H groups in total. The zero-order valence-corrected chi connectivity index (χ0v) is 14.0. The Bertz CT molecular complexity index is 696. The van der Waals surface area contributed by atoms with Crippen molar-refractivity contribution in [1.82, 2.24) is 10.6 Å². The van der Waals surface area contributed by atoms with Crippen molar-refractivity contribution in [2.75, 3.05) is 20.2 Å². The van der Waals surface area contributed by atoms with Crippen molar-refractivity contribution in [1.29, 1.82) is 0 Å². The molecule has 0 unspecified atom stereocenters. The summed E-state index contributed by atoms with van der Waals surface area (Å²) in [7, 11) is 1.60. The summed E-state index contributed by atoms with van der Waals surface area (Å²) in [6.07, 6.45) is 0.301. The lowest BCUT2D eigenvalue weighted by atomic mass is 10.1. The Hall–Kier alpha value is -2.82. The number of benzene rings is 2. The summed E-state index contributed by atoms with van der Waals surface area (Å²) in [5.74, 6) is 0.547. The Morgan fingerprint density at radius 3 is 2.38 bits per heavy atom. The number of aryl methyl sites for hydroxylation is 1. The molecule has 0 spiro atoms. The molecule has 0 aliphatic carbocycles. The van der Waals surface area contributed by atoms with Crippen molar-refractivity contribution < 1.29 is 14.3 Å². The molecule has 0 heterocycles. The third-order valence-corrected chi connectivity index (χ3v) is 3.54. The van der Waals surface area contributed by atoms with Gasteiger partial charge >= 0.3 is 0 Å². The van der Waals surface area contributed by atoms with Crippen LogP contribution in [0.2, 0.25) is 0 Å². The van der Waals surface area contributed by atoms with E-state index in [9.17, 15) is 9.59 Å². The number of rotatable bonds is 7. The average molecular weight is 326 g/mol. The summed E-state index contributed by atoms with van der Waals surface area (Å²) < 4.78 is 5.08. The van der Waals surface area contributed by atoms with Crippen LogP contribution in [0.15, 0.2) is 48.5 Å². The number of carbonyl (C=O) groups is 2. The van der Waals surface area contributed by atoms with Gasteiger partial charge in [-0.05, 0) is 36.8 Å². The number of carbonyl (C=O) groups excluding carboxylic acids is 2. The van der Waals surface area contributed by atoms with Crippen molar-refractivity contribution in [3.8, 4) is 5.75 Å². The topological polar surface area (TPSA) is 67.4 Å². The summed E-state index contributed by atoms with van der Waals surface area (Å²) in [4.78, 5) is 23.8. The highest BCUT2D eigenvalue weighted by atomic mass is 16.5. The van der Waals surface area contributed by atoms with Crippen LogP contribution in [0.25, 0.3) is 0 Å². The van der Waals surface area contributed by atoms with Crippen LogP contribution in [-0.2, 0) is 11.2 Å². The van der Waals surface area contributed by atoms with E-state index in [1.165, 1.54) is 0 Å². The number of methoxy groups -OCH3 is 1. The fourth-order valence-corrected chi connectivity index (χ4v) is 2.26. The largest absolute Gasteiger partial charge is 0.497 e. The van der Waals surface area contributed by atoms with E-state index in [4.69, 9.17) is 4.74 Å². The Labute approximate surface area is 142 Å². The Balaban J connectivity index is 1.69. The van der Waals surface area contributed by atoms with Crippen LogP contribution in [0.1, 0.15) is 21.5 Å². The molecule has 0 aromatic heterocycles. The number of ether oxygens (including phenoxy) is 1. The van der Waals surface area contributed by atoms with Crippen LogP contribution in [0.3, 0.4) is 0 Å². The summed E-state index contributed by atoms with van der Waals surface area (Å²) in [6.45, 7) is 2.73. The Morgan fingerprint density at radius 2 is 1.71 bits per heavy atom. The molecule has 0 radical (unpaired) electrons. The quantitative estimate of drug-likeness (QED) is 0.766. The summed E-state index contributed by atoms with van der Waals surface area (Å²) in [5, 5.41) is 5.58. The summed E-state index contributed by atoms with van der Waals surface area (Å²) >= 11 is 0. The molecular formula is C19H22N2O3. The fourth-order valence-electron chi connectivity index (χ4n) is 2.26. The first-order valence-corrected chi connectivity index (χ1v) is 7.83. The van der Waals surface area contributed by atoms with Gasteiger partial charge in [0.15, 0.2) is 0 Å². The van der Waals surface area contributed by atoms with E-state index >= 15 is 0 Å². The minimum atomic E-state index is -0.136. The van der Waals surface area contributed by atoms with E-state index in [1.807, 2.05) is 49.4 Å². The standard InChI is InChI=1S/C19H22N2O3/c1-14-4-3-5-16(12-14)19(23)21-11-10-20-18(22)13-15-6-8-17(24-2)9-7-15/h3-9,12H,10-11,13H2,1-2H3,(H,20,22)(H,21,23). The van der Waals surface area contributed by atoms with Gasteiger partial charge in [0, 0.05) is 18.7 Å². The van der Waals surface area contributed by atoms with Crippen molar-refractivity contribution in [3.63, 3.8) is 0 Å². The molecule has 126 valence electrons. The lowest BCUT2D eigenvalue weighted by molar-refractivity contribution is -0.120. The molecule has 24 heavy (non-hydrogen) atoms. The SMILES string of the molecule is COc1ccc(CC(=O)NCCNC(=O)c2cccc(C)c2)cc1. The molecule has 0 aliphatic rings. The molecule has 0 saturated carbocycles. The highest BCUT2D eigenvalue weighted by Gasteiger charge is 2.06. The van der Waals surface area contributed by atoms with Gasteiger partial charge in [0.25, 0.3) is 5.91 Å². The van der Waals surface area contributed by atoms with Crippen LogP contribution >= 0.6 is 0 Å². The lowest BCUT2D eigenvalue weighted by Crippen LogP contribution is -2.35. The Kier molecular flexibility index (Phi) is 6.37. The molecule has 0 fully saturated rings. The molecule has 0 saturated heterocycles. The zero-order valence-electron chi connectivity index (χ0n) is 14.0. The van der Waals surface area contributed by atoms with Crippen molar-refractivity contribution in [2.24, 2.45) is 0 Å². The number of nitrogens with one attached hydrogen (secondary N) is 2. The minimum absolute atomic E-state index is 0.0787. The average Bonchev–Trinajstić information content (AvgIpc) is 2.59. The fraction of sp³-hybridized carbons (Fsp3) is 0.263. The van der Waals surface area contributed by atoms with Crippen molar-refractivity contribution in [3.05, 3.63) is 65.2 Å². The molecule has 0 bridgehead atoms. The Morgan fingerprint density at radius 1 is 1.00 bits per heavy atom. The van der Waals surface area contributed by atoms with Gasteiger partial charge in [0.1, 0.15) is 5.75 Å². The first-order valence-electron chi connectivity index (χ1n) is 7.83. The van der Waals surface area contributed by atoms with Crippen LogP contribution in [0.5, 0.6) is 5.75 Å². The predicted molar refractivity (Wildman–Crippen MR) is 93.2 cm³/mol. The summed E-state index contributed by atoms with van der Waals surface area (Å²) in [5.41, 5.74) is 2.58. The normalized spacial score (nSPS) is 10.1. The molecular weight excluding hydrogens is 304 g/mol. The second kappa shape index (κ2) is 8.72.